The Labute approximate surface area is 115 Å². The number of hydrogen-bond donors (Lipinski definition) is 2. The number of esters is 1. The van der Waals surface area contributed by atoms with Crippen LogP contribution in [0.1, 0.15) is 22.2 Å². The van der Waals surface area contributed by atoms with Gasteiger partial charge in [0.15, 0.2) is 0 Å². The predicted molar refractivity (Wildman–Crippen MR) is 76.3 cm³/mol. The van der Waals surface area contributed by atoms with Crippen molar-refractivity contribution in [2.75, 3.05) is 17.7 Å². The number of ether oxygens (including phenoxy) is 1. The van der Waals surface area contributed by atoms with Crippen molar-refractivity contribution in [3.05, 3.63) is 40.3 Å². The fraction of sp³-hybridized carbons (Fsp3) is 0.231. The second-order valence-corrected chi connectivity index (χ2v) is 4.82. The number of hydrogen-bond acceptors (Lipinski definition) is 6. The number of carbonyl (C=O) groups is 1. The molecule has 0 aliphatic carbocycles. The van der Waals surface area contributed by atoms with E-state index >= 15 is 0 Å². The molecule has 1 aromatic carbocycles. The van der Waals surface area contributed by atoms with Gasteiger partial charge in [0.25, 0.3) is 0 Å². The van der Waals surface area contributed by atoms with E-state index in [9.17, 15) is 4.79 Å². The molecule has 0 spiro atoms. The molecule has 0 saturated carbocycles. The fourth-order valence-electron chi connectivity index (χ4n) is 1.61. The van der Waals surface area contributed by atoms with E-state index in [0.717, 1.165) is 4.88 Å². The normalized spacial score (nSPS) is 10.2. The molecule has 2 aromatic rings. The number of benzene rings is 1. The molecule has 1 heterocycles. The summed E-state index contributed by atoms with van der Waals surface area (Å²) < 4.78 is 5.02. The summed E-state index contributed by atoms with van der Waals surface area (Å²) in [6.07, 6.45) is 1.79. The number of nitrogen functional groups attached to an aromatic ring is 1. The lowest BCUT2D eigenvalue weighted by molar-refractivity contribution is 0.0527. The number of anilines is 2. The lowest BCUT2D eigenvalue weighted by Gasteiger charge is -2.11. The van der Waals surface area contributed by atoms with E-state index in [0.29, 0.717) is 30.1 Å². The second-order valence-electron chi connectivity index (χ2n) is 3.85. The average molecular weight is 277 g/mol. The van der Waals surface area contributed by atoms with Crippen LogP contribution >= 0.6 is 11.3 Å². The summed E-state index contributed by atoms with van der Waals surface area (Å²) in [4.78, 5) is 16.9. The Bertz CT molecular complexity index is 555. The van der Waals surface area contributed by atoms with Crippen LogP contribution in [0.2, 0.25) is 0 Å². The zero-order valence-corrected chi connectivity index (χ0v) is 11.4. The maximum Gasteiger partial charge on any atom is 0.340 e. The van der Waals surface area contributed by atoms with E-state index in [2.05, 4.69) is 10.3 Å². The van der Waals surface area contributed by atoms with Crippen LogP contribution in [0.5, 0.6) is 0 Å². The van der Waals surface area contributed by atoms with E-state index in [4.69, 9.17) is 10.5 Å². The van der Waals surface area contributed by atoms with Gasteiger partial charge in [-0.25, -0.2) is 4.79 Å². The van der Waals surface area contributed by atoms with Gasteiger partial charge in [-0.15, -0.1) is 11.3 Å². The summed E-state index contributed by atoms with van der Waals surface area (Å²) >= 11 is 1.56. The minimum atomic E-state index is -0.374. The highest BCUT2D eigenvalue weighted by molar-refractivity contribution is 7.09. The molecule has 0 atom stereocenters. The lowest BCUT2D eigenvalue weighted by atomic mass is 10.1. The van der Waals surface area contributed by atoms with Gasteiger partial charge in [0.05, 0.1) is 24.2 Å². The molecule has 100 valence electrons. The number of carbonyl (C=O) groups excluding carboxylic acids is 1. The van der Waals surface area contributed by atoms with E-state index in [1.54, 1.807) is 48.2 Å². The van der Waals surface area contributed by atoms with Crippen molar-refractivity contribution >= 4 is 28.7 Å². The Morgan fingerprint density at radius 2 is 2.37 bits per heavy atom. The standard InChI is InChI=1S/C13H15N3O2S/c1-2-18-13(17)11-5-9(14)3-4-12(11)16-7-10-6-15-8-19-10/h3-6,8,16H,2,7,14H2,1H3. The van der Waals surface area contributed by atoms with Gasteiger partial charge in [-0.3, -0.25) is 4.98 Å². The van der Waals surface area contributed by atoms with E-state index in [1.165, 1.54) is 0 Å². The van der Waals surface area contributed by atoms with Gasteiger partial charge in [0, 0.05) is 22.4 Å². The van der Waals surface area contributed by atoms with Crippen molar-refractivity contribution < 1.29 is 9.53 Å². The molecule has 0 fully saturated rings. The van der Waals surface area contributed by atoms with Crippen LogP contribution in [0, 0.1) is 0 Å². The highest BCUT2D eigenvalue weighted by Gasteiger charge is 2.13. The van der Waals surface area contributed by atoms with Crippen LogP contribution in [0.15, 0.2) is 29.9 Å². The molecule has 0 radical (unpaired) electrons. The first-order valence-electron chi connectivity index (χ1n) is 5.88. The van der Waals surface area contributed by atoms with Crippen LogP contribution < -0.4 is 11.1 Å². The first-order chi connectivity index (χ1) is 9.20. The number of rotatable bonds is 5. The quantitative estimate of drug-likeness (QED) is 0.648. The largest absolute Gasteiger partial charge is 0.462 e. The third-order valence-corrected chi connectivity index (χ3v) is 3.26. The highest BCUT2D eigenvalue weighted by atomic mass is 32.1. The Hall–Kier alpha value is -2.08. The van der Waals surface area contributed by atoms with Crippen LogP contribution in [0.3, 0.4) is 0 Å². The fourth-order valence-corrected chi connectivity index (χ4v) is 2.14. The van der Waals surface area contributed by atoms with Crippen molar-refractivity contribution in [2.24, 2.45) is 0 Å². The topological polar surface area (TPSA) is 77.2 Å². The first-order valence-corrected chi connectivity index (χ1v) is 6.76. The van der Waals surface area contributed by atoms with Crippen molar-refractivity contribution in [1.82, 2.24) is 4.98 Å². The minimum absolute atomic E-state index is 0.335. The minimum Gasteiger partial charge on any atom is -0.462 e. The Morgan fingerprint density at radius 1 is 1.53 bits per heavy atom. The molecule has 0 unspecified atom stereocenters. The van der Waals surface area contributed by atoms with Gasteiger partial charge in [0.2, 0.25) is 0 Å². The summed E-state index contributed by atoms with van der Waals surface area (Å²) in [6.45, 7) is 2.72. The van der Waals surface area contributed by atoms with Gasteiger partial charge in [-0.05, 0) is 25.1 Å². The number of aromatic nitrogens is 1. The average Bonchev–Trinajstić information content (AvgIpc) is 2.90. The molecule has 0 aliphatic rings. The SMILES string of the molecule is CCOC(=O)c1cc(N)ccc1NCc1cncs1. The maximum atomic E-state index is 11.9. The predicted octanol–water partition coefficient (Wildman–Crippen LogP) is 2.51. The number of nitrogens with zero attached hydrogens (tertiary/aromatic N) is 1. The number of nitrogens with one attached hydrogen (secondary N) is 1. The maximum absolute atomic E-state index is 11.9. The van der Waals surface area contributed by atoms with E-state index < -0.39 is 0 Å². The van der Waals surface area contributed by atoms with E-state index in [-0.39, 0.29) is 5.97 Å². The Balaban J connectivity index is 2.16. The lowest BCUT2D eigenvalue weighted by Crippen LogP contribution is -2.10. The molecule has 6 heteroatoms. The van der Waals surface area contributed by atoms with Crippen LogP contribution in [-0.2, 0) is 11.3 Å². The smallest absolute Gasteiger partial charge is 0.340 e. The molecule has 2 rings (SSSR count). The van der Waals surface area contributed by atoms with Gasteiger partial charge < -0.3 is 15.8 Å². The van der Waals surface area contributed by atoms with Crippen molar-refractivity contribution in [2.45, 2.75) is 13.5 Å². The summed E-state index contributed by atoms with van der Waals surface area (Å²) in [6, 6.07) is 5.15. The third-order valence-electron chi connectivity index (χ3n) is 2.48. The molecule has 19 heavy (non-hydrogen) atoms. The molecule has 0 saturated heterocycles. The zero-order valence-electron chi connectivity index (χ0n) is 10.6. The van der Waals surface area contributed by atoms with Crippen LogP contribution in [-0.4, -0.2) is 17.6 Å². The molecule has 3 N–H and O–H groups in total. The Kier molecular flexibility index (Phi) is 4.35. The summed E-state index contributed by atoms with van der Waals surface area (Å²) in [5.41, 5.74) is 9.17. The van der Waals surface area contributed by atoms with Crippen LogP contribution in [0.4, 0.5) is 11.4 Å². The van der Waals surface area contributed by atoms with Crippen molar-refractivity contribution in [3.8, 4) is 0 Å². The number of nitrogens with two attached hydrogens (primary N) is 1. The second kappa shape index (κ2) is 6.19. The zero-order chi connectivity index (χ0) is 13.7. The highest BCUT2D eigenvalue weighted by Crippen LogP contribution is 2.21. The summed E-state index contributed by atoms with van der Waals surface area (Å²) in [5.74, 6) is -0.374. The van der Waals surface area contributed by atoms with Gasteiger partial charge >= 0.3 is 5.97 Å². The molecule has 0 bridgehead atoms. The van der Waals surface area contributed by atoms with E-state index in [1.807, 2.05) is 0 Å². The first kappa shape index (κ1) is 13.4. The Morgan fingerprint density at radius 3 is 3.05 bits per heavy atom. The number of thiazole rings is 1. The van der Waals surface area contributed by atoms with Gasteiger partial charge in [0.1, 0.15) is 0 Å². The van der Waals surface area contributed by atoms with Crippen molar-refractivity contribution in [3.63, 3.8) is 0 Å². The monoisotopic (exact) mass is 277 g/mol. The van der Waals surface area contributed by atoms with Gasteiger partial charge in [-0.2, -0.15) is 0 Å². The van der Waals surface area contributed by atoms with Gasteiger partial charge in [-0.1, -0.05) is 0 Å². The molecule has 0 aliphatic heterocycles. The summed E-state index contributed by atoms with van der Waals surface area (Å²) in [7, 11) is 0. The van der Waals surface area contributed by atoms with Crippen molar-refractivity contribution in [1.29, 1.82) is 0 Å². The summed E-state index contributed by atoms with van der Waals surface area (Å²) in [5, 5.41) is 3.20. The third kappa shape index (κ3) is 3.45. The molecular weight excluding hydrogens is 262 g/mol. The molecular formula is C13H15N3O2S. The molecule has 0 amide bonds. The van der Waals surface area contributed by atoms with Crippen LogP contribution in [0.25, 0.3) is 0 Å². The molecule has 1 aromatic heterocycles. The molecule has 5 nitrogen and oxygen atoms in total.